The van der Waals surface area contributed by atoms with Crippen molar-refractivity contribution >= 4 is 17.5 Å². The quantitative estimate of drug-likeness (QED) is 0.442. The Labute approximate surface area is 224 Å². The summed E-state index contributed by atoms with van der Waals surface area (Å²) in [4.78, 5) is 22.2. The van der Waals surface area contributed by atoms with Crippen molar-refractivity contribution in [2.24, 2.45) is 11.8 Å². The van der Waals surface area contributed by atoms with Gasteiger partial charge in [0.15, 0.2) is 0 Å². The molecule has 7 nitrogen and oxygen atoms in total. The molecule has 2 aliphatic heterocycles. The lowest BCUT2D eigenvalue weighted by Gasteiger charge is -2.31. The number of carbonyl (C=O) groups is 1. The van der Waals surface area contributed by atoms with Crippen LogP contribution in [0.2, 0.25) is 5.02 Å². The SMILES string of the molecule is CC1CCCN(Cc2cccc(CNC(=O)C3CCN(Cc4nc(-c5ccc(Cl)cc5)no4)CC3)c2)C1. The molecule has 3 heterocycles. The summed E-state index contributed by atoms with van der Waals surface area (Å²) in [5.41, 5.74) is 3.37. The third-order valence-corrected chi connectivity index (χ3v) is 7.75. The topological polar surface area (TPSA) is 74.5 Å². The van der Waals surface area contributed by atoms with E-state index in [9.17, 15) is 4.79 Å². The van der Waals surface area contributed by atoms with Crippen LogP contribution in [0.4, 0.5) is 0 Å². The van der Waals surface area contributed by atoms with Gasteiger partial charge in [-0.05, 0) is 86.6 Å². The van der Waals surface area contributed by atoms with E-state index in [4.69, 9.17) is 16.1 Å². The molecule has 1 amide bonds. The standard InChI is InChI=1S/C29H36ClN5O2/c1-21-4-3-13-35(18-21)19-23-6-2-5-22(16-23)17-31-29(36)25-11-14-34(15-12-25)20-27-32-28(33-37-27)24-7-9-26(30)10-8-24/h2,5-10,16,21,25H,3-4,11-15,17-20H2,1H3,(H,31,36). The van der Waals surface area contributed by atoms with Crippen molar-refractivity contribution in [3.8, 4) is 11.4 Å². The third-order valence-electron chi connectivity index (χ3n) is 7.49. The van der Waals surface area contributed by atoms with Crippen LogP contribution >= 0.6 is 11.6 Å². The summed E-state index contributed by atoms with van der Waals surface area (Å²) in [6, 6.07) is 16.0. The number of carbonyl (C=O) groups excluding carboxylic acids is 1. The fourth-order valence-electron chi connectivity index (χ4n) is 5.44. The van der Waals surface area contributed by atoms with E-state index >= 15 is 0 Å². The van der Waals surface area contributed by atoms with Crippen LogP contribution in [0, 0.1) is 11.8 Å². The Bertz CT molecular complexity index is 1170. The predicted octanol–water partition coefficient (Wildman–Crippen LogP) is 5.15. The lowest BCUT2D eigenvalue weighted by atomic mass is 9.95. The molecule has 2 saturated heterocycles. The third kappa shape index (κ3) is 7.18. The van der Waals surface area contributed by atoms with Crippen LogP contribution in [-0.2, 0) is 24.4 Å². The normalized spacial score (nSPS) is 19.7. The largest absolute Gasteiger partial charge is 0.352 e. The average Bonchev–Trinajstić information content (AvgIpc) is 3.37. The number of piperidine rings is 2. The highest BCUT2D eigenvalue weighted by Crippen LogP contribution is 2.22. The average molecular weight is 522 g/mol. The zero-order chi connectivity index (χ0) is 25.6. The van der Waals surface area contributed by atoms with Gasteiger partial charge in [-0.1, -0.05) is 47.9 Å². The summed E-state index contributed by atoms with van der Waals surface area (Å²) in [7, 11) is 0. The lowest BCUT2D eigenvalue weighted by molar-refractivity contribution is -0.126. The highest BCUT2D eigenvalue weighted by Gasteiger charge is 2.26. The van der Waals surface area contributed by atoms with Gasteiger partial charge in [-0.3, -0.25) is 14.6 Å². The van der Waals surface area contributed by atoms with Crippen molar-refractivity contribution in [1.29, 1.82) is 0 Å². The van der Waals surface area contributed by atoms with Crippen LogP contribution in [0.3, 0.4) is 0 Å². The van der Waals surface area contributed by atoms with Gasteiger partial charge in [0, 0.05) is 36.1 Å². The number of nitrogens with one attached hydrogen (secondary N) is 1. The minimum Gasteiger partial charge on any atom is -0.352 e. The number of amides is 1. The van der Waals surface area contributed by atoms with Gasteiger partial charge in [0.1, 0.15) is 0 Å². The predicted molar refractivity (Wildman–Crippen MR) is 145 cm³/mol. The number of likely N-dealkylation sites (tertiary alicyclic amines) is 2. The van der Waals surface area contributed by atoms with Gasteiger partial charge in [0.25, 0.3) is 0 Å². The molecule has 0 bridgehead atoms. The van der Waals surface area contributed by atoms with Gasteiger partial charge in [-0.15, -0.1) is 0 Å². The maximum Gasteiger partial charge on any atom is 0.241 e. The van der Waals surface area contributed by atoms with E-state index < -0.39 is 0 Å². The maximum absolute atomic E-state index is 12.9. The van der Waals surface area contributed by atoms with Gasteiger partial charge in [-0.25, -0.2) is 0 Å². The fraction of sp³-hybridized carbons (Fsp3) is 0.483. The number of hydrogen-bond donors (Lipinski definition) is 1. The van der Waals surface area contributed by atoms with Crippen molar-refractivity contribution in [3.63, 3.8) is 0 Å². The Morgan fingerprint density at radius 1 is 1.03 bits per heavy atom. The number of halogens is 1. The molecule has 0 radical (unpaired) electrons. The second kappa shape index (κ2) is 12.2. The smallest absolute Gasteiger partial charge is 0.241 e. The molecule has 8 heteroatoms. The molecule has 37 heavy (non-hydrogen) atoms. The van der Waals surface area contributed by atoms with Gasteiger partial charge >= 0.3 is 0 Å². The molecule has 2 aromatic carbocycles. The van der Waals surface area contributed by atoms with Crippen LogP contribution < -0.4 is 5.32 Å². The van der Waals surface area contributed by atoms with Crippen molar-refractivity contribution in [2.75, 3.05) is 26.2 Å². The van der Waals surface area contributed by atoms with E-state index in [0.717, 1.165) is 44.0 Å². The number of benzene rings is 2. The summed E-state index contributed by atoms with van der Waals surface area (Å²) < 4.78 is 5.46. The van der Waals surface area contributed by atoms with Crippen LogP contribution in [0.25, 0.3) is 11.4 Å². The van der Waals surface area contributed by atoms with Crippen LogP contribution in [0.1, 0.15) is 49.6 Å². The monoisotopic (exact) mass is 521 g/mol. The van der Waals surface area contributed by atoms with Crippen molar-refractivity contribution in [1.82, 2.24) is 25.3 Å². The Morgan fingerprint density at radius 3 is 2.59 bits per heavy atom. The minimum atomic E-state index is 0.0431. The van der Waals surface area contributed by atoms with E-state index in [1.807, 2.05) is 24.3 Å². The molecule has 1 aromatic heterocycles. The highest BCUT2D eigenvalue weighted by atomic mass is 35.5. The molecule has 2 aliphatic rings. The second-order valence-corrected chi connectivity index (χ2v) is 11.0. The maximum atomic E-state index is 12.9. The first-order valence-electron chi connectivity index (χ1n) is 13.4. The lowest BCUT2D eigenvalue weighted by Crippen LogP contribution is -2.40. The highest BCUT2D eigenvalue weighted by molar-refractivity contribution is 6.30. The van der Waals surface area contributed by atoms with Gasteiger partial charge < -0.3 is 9.84 Å². The molecular weight excluding hydrogens is 486 g/mol. The summed E-state index contributed by atoms with van der Waals surface area (Å²) in [5, 5.41) is 7.95. The van der Waals surface area contributed by atoms with E-state index in [-0.39, 0.29) is 11.8 Å². The van der Waals surface area contributed by atoms with E-state index in [1.165, 1.54) is 37.1 Å². The molecule has 196 valence electrons. The summed E-state index contributed by atoms with van der Waals surface area (Å²) in [6.07, 6.45) is 4.28. The first-order chi connectivity index (χ1) is 18.0. The molecule has 1 N–H and O–H groups in total. The fourth-order valence-corrected chi connectivity index (χ4v) is 5.57. The van der Waals surface area contributed by atoms with Crippen molar-refractivity contribution < 1.29 is 9.32 Å². The molecule has 0 saturated carbocycles. The Balaban J connectivity index is 1.06. The van der Waals surface area contributed by atoms with E-state index in [1.54, 1.807) is 0 Å². The molecule has 2 fully saturated rings. The number of nitrogens with zero attached hydrogens (tertiary/aromatic N) is 4. The van der Waals surface area contributed by atoms with Gasteiger partial charge in [-0.2, -0.15) is 4.98 Å². The minimum absolute atomic E-state index is 0.0431. The molecule has 0 spiro atoms. The van der Waals surface area contributed by atoms with Gasteiger partial charge in [0.2, 0.25) is 17.6 Å². The molecular formula is C29H36ClN5O2. The number of hydrogen-bond acceptors (Lipinski definition) is 6. The zero-order valence-corrected chi connectivity index (χ0v) is 22.3. The Kier molecular flexibility index (Phi) is 8.54. The first kappa shape index (κ1) is 25.9. The van der Waals surface area contributed by atoms with Crippen molar-refractivity contribution in [3.05, 3.63) is 70.6 Å². The van der Waals surface area contributed by atoms with E-state index in [2.05, 4.69) is 56.4 Å². The summed E-state index contributed by atoms with van der Waals surface area (Å²) in [6.45, 7) is 8.53. The second-order valence-electron chi connectivity index (χ2n) is 10.6. The molecule has 0 aliphatic carbocycles. The number of aromatic nitrogens is 2. The molecule has 5 rings (SSSR count). The van der Waals surface area contributed by atoms with Crippen molar-refractivity contribution in [2.45, 2.75) is 52.2 Å². The molecule has 1 atom stereocenters. The number of rotatable bonds is 8. The first-order valence-corrected chi connectivity index (χ1v) is 13.8. The Hall–Kier alpha value is -2.74. The zero-order valence-electron chi connectivity index (χ0n) is 21.5. The molecule has 1 unspecified atom stereocenters. The molecule has 3 aromatic rings. The van der Waals surface area contributed by atoms with Crippen LogP contribution in [-0.4, -0.2) is 52.0 Å². The van der Waals surface area contributed by atoms with E-state index in [0.29, 0.717) is 29.8 Å². The Morgan fingerprint density at radius 2 is 1.81 bits per heavy atom. The van der Waals surface area contributed by atoms with Crippen LogP contribution in [0.5, 0.6) is 0 Å². The van der Waals surface area contributed by atoms with Crippen LogP contribution in [0.15, 0.2) is 53.1 Å². The summed E-state index contributed by atoms with van der Waals surface area (Å²) >= 11 is 5.96. The summed E-state index contributed by atoms with van der Waals surface area (Å²) in [5.74, 6) is 2.13. The van der Waals surface area contributed by atoms with Gasteiger partial charge in [0.05, 0.1) is 6.54 Å².